The smallest absolute Gasteiger partial charge is 0.271 e. The van der Waals surface area contributed by atoms with Gasteiger partial charge in [0.25, 0.3) is 5.91 Å². The Morgan fingerprint density at radius 2 is 2.29 bits per heavy atom. The molecule has 0 aromatic carbocycles. The van der Waals surface area contributed by atoms with Crippen LogP contribution in [0.15, 0.2) is 24.5 Å². The fraction of sp³-hybridized carbons (Fsp3) is 0.182. The monoisotopic (exact) mass is 231 g/mol. The summed E-state index contributed by atoms with van der Waals surface area (Å²) in [6.45, 7) is 1.89. The van der Waals surface area contributed by atoms with E-state index in [1.165, 1.54) is 0 Å². The van der Waals surface area contributed by atoms with Crippen LogP contribution >= 0.6 is 0 Å². The minimum Gasteiger partial charge on any atom is -0.397 e. The summed E-state index contributed by atoms with van der Waals surface area (Å²) < 4.78 is 1.55. The molecule has 2 rings (SSSR count). The van der Waals surface area contributed by atoms with Gasteiger partial charge in [0.05, 0.1) is 11.9 Å². The van der Waals surface area contributed by atoms with Gasteiger partial charge in [-0.25, -0.2) is 9.67 Å². The van der Waals surface area contributed by atoms with Gasteiger partial charge < -0.3 is 11.1 Å². The maximum absolute atomic E-state index is 11.4. The summed E-state index contributed by atoms with van der Waals surface area (Å²) in [6.07, 6.45) is 3.25. The molecule has 0 spiro atoms. The highest BCUT2D eigenvalue weighted by atomic mass is 16.1. The molecule has 0 unspecified atom stereocenters. The van der Waals surface area contributed by atoms with Gasteiger partial charge in [0.2, 0.25) is 0 Å². The molecule has 0 atom stereocenters. The molecule has 0 radical (unpaired) electrons. The summed E-state index contributed by atoms with van der Waals surface area (Å²) in [5, 5.41) is 6.66. The third-order valence-corrected chi connectivity index (χ3v) is 2.34. The predicted octanol–water partition coefficient (Wildman–Crippen LogP) is 0.518. The highest BCUT2D eigenvalue weighted by Crippen LogP contribution is 2.13. The second-order valence-electron chi connectivity index (χ2n) is 3.63. The second kappa shape index (κ2) is 4.25. The molecular formula is C11H13N5O. The van der Waals surface area contributed by atoms with Crippen molar-refractivity contribution < 1.29 is 4.79 Å². The van der Waals surface area contributed by atoms with E-state index in [0.717, 1.165) is 5.56 Å². The van der Waals surface area contributed by atoms with Crippen LogP contribution in [-0.4, -0.2) is 27.7 Å². The van der Waals surface area contributed by atoms with Crippen LogP contribution < -0.4 is 11.1 Å². The van der Waals surface area contributed by atoms with Gasteiger partial charge in [-0.05, 0) is 24.6 Å². The number of hydrogen-bond donors (Lipinski definition) is 2. The zero-order chi connectivity index (χ0) is 12.4. The van der Waals surface area contributed by atoms with Crippen molar-refractivity contribution in [2.75, 3.05) is 12.8 Å². The SMILES string of the molecule is CNC(=O)c1ccn(-c2ncc(N)cc2C)n1. The number of nitrogens with one attached hydrogen (secondary N) is 1. The minimum atomic E-state index is -0.225. The quantitative estimate of drug-likeness (QED) is 0.788. The van der Waals surface area contributed by atoms with Crippen LogP contribution in [-0.2, 0) is 0 Å². The summed E-state index contributed by atoms with van der Waals surface area (Å²) in [7, 11) is 1.56. The number of nitrogen functional groups attached to an aromatic ring is 1. The van der Waals surface area contributed by atoms with E-state index < -0.39 is 0 Å². The summed E-state index contributed by atoms with van der Waals surface area (Å²) in [6, 6.07) is 3.44. The Kier molecular flexibility index (Phi) is 2.78. The molecule has 1 amide bonds. The van der Waals surface area contributed by atoms with Crippen molar-refractivity contribution in [2.24, 2.45) is 0 Å². The number of nitrogens with two attached hydrogens (primary N) is 1. The molecule has 17 heavy (non-hydrogen) atoms. The molecule has 0 saturated heterocycles. The first-order valence-electron chi connectivity index (χ1n) is 5.12. The van der Waals surface area contributed by atoms with Crippen molar-refractivity contribution >= 4 is 11.6 Å². The highest BCUT2D eigenvalue weighted by molar-refractivity contribution is 5.91. The lowest BCUT2D eigenvalue weighted by Crippen LogP contribution is -2.18. The summed E-state index contributed by atoms with van der Waals surface area (Å²) in [5.41, 5.74) is 7.48. The van der Waals surface area contributed by atoms with Crippen LogP contribution in [0.3, 0.4) is 0 Å². The second-order valence-corrected chi connectivity index (χ2v) is 3.63. The normalized spacial score (nSPS) is 10.2. The standard InChI is InChI=1S/C11H13N5O/c1-7-5-8(12)6-14-10(7)16-4-3-9(15-16)11(17)13-2/h3-6H,12H2,1-2H3,(H,13,17). The fourth-order valence-corrected chi connectivity index (χ4v) is 1.52. The van der Waals surface area contributed by atoms with Crippen LogP contribution in [0.2, 0.25) is 0 Å². The number of pyridine rings is 1. The Balaban J connectivity index is 2.40. The van der Waals surface area contributed by atoms with Crippen LogP contribution in [0.25, 0.3) is 5.82 Å². The molecule has 88 valence electrons. The molecule has 0 bridgehead atoms. The number of carbonyl (C=O) groups is 1. The number of carbonyl (C=O) groups excluding carboxylic acids is 1. The fourth-order valence-electron chi connectivity index (χ4n) is 1.52. The van der Waals surface area contributed by atoms with Gasteiger partial charge in [-0.2, -0.15) is 5.10 Å². The first-order chi connectivity index (χ1) is 8.11. The number of hydrogen-bond acceptors (Lipinski definition) is 4. The van der Waals surface area contributed by atoms with Gasteiger partial charge in [-0.3, -0.25) is 4.79 Å². The van der Waals surface area contributed by atoms with E-state index in [0.29, 0.717) is 17.2 Å². The van der Waals surface area contributed by atoms with E-state index in [1.54, 1.807) is 30.2 Å². The minimum absolute atomic E-state index is 0.225. The van der Waals surface area contributed by atoms with Crippen LogP contribution in [0.5, 0.6) is 0 Å². The van der Waals surface area contributed by atoms with Crippen molar-refractivity contribution in [3.05, 3.63) is 35.8 Å². The molecule has 0 saturated carbocycles. The Hall–Kier alpha value is -2.37. The van der Waals surface area contributed by atoms with Crippen LogP contribution in [0.4, 0.5) is 5.69 Å². The van der Waals surface area contributed by atoms with Crippen LogP contribution in [0.1, 0.15) is 16.1 Å². The average molecular weight is 231 g/mol. The van der Waals surface area contributed by atoms with E-state index in [9.17, 15) is 4.79 Å². The molecule has 6 heteroatoms. The van der Waals surface area contributed by atoms with Gasteiger partial charge in [0.15, 0.2) is 11.5 Å². The number of rotatable bonds is 2. The molecule has 0 aliphatic heterocycles. The average Bonchev–Trinajstić information content (AvgIpc) is 2.77. The predicted molar refractivity (Wildman–Crippen MR) is 63.9 cm³/mol. The molecule has 0 aliphatic carbocycles. The topological polar surface area (TPSA) is 85.8 Å². The maximum atomic E-state index is 11.4. The largest absolute Gasteiger partial charge is 0.397 e. The van der Waals surface area contributed by atoms with Crippen molar-refractivity contribution in [1.82, 2.24) is 20.1 Å². The summed E-state index contributed by atoms with van der Waals surface area (Å²) >= 11 is 0. The molecule has 2 aromatic rings. The number of aryl methyl sites for hydroxylation is 1. The van der Waals surface area contributed by atoms with Crippen molar-refractivity contribution in [2.45, 2.75) is 6.92 Å². The Morgan fingerprint density at radius 3 is 2.94 bits per heavy atom. The summed E-state index contributed by atoms with van der Waals surface area (Å²) in [5.74, 6) is 0.436. The molecule has 2 heterocycles. The zero-order valence-corrected chi connectivity index (χ0v) is 9.64. The van der Waals surface area contributed by atoms with Crippen molar-refractivity contribution in [3.63, 3.8) is 0 Å². The zero-order valence-electron chi connectivity index (χ0n) is 9.64. The molecular weight excluding hydrogens is 218 g/mol. The van der Waals surface area contributed by atoms with Gasteiger partial charge >= 0.3 is 0 Å². The van der Waals surface area contributed by atoms with E-state index in [1.807, 2.05) is 13.0 Å². The molecule has 0 aliphatic rings. The van der Waals surface area contributed by atoms with Crippen molar-refractivity contribution in [3.8, 4) is 5.82 Å². The number of anilines is 1. The molecule has 0 fully saturated rings. The lowest BCUT2D eigenvalue weighted by Gasteiger charge is -2.04. The first kappa shape index (κ1) is 11.1. The Bertz CT molecular complexity index is 561. The number of amides is 1. The number of nitrogens with zero attached hydrogens (tertiary/aromatic N) is 3. The van der Waals surface area contributed by atoms with Gasteiger partial charge in [-0.1, -0.05) is 0 Å². The first-order valence-corrected chi connectivity index (χ1v) is 5.12. The van der Waals surface area contributed by atoms with E-state index in [4.69, 9.17) is 5.73 Å². The Labute approximate surface area is 98.5 Å². The van der Waals surface area contributed by atoms with Gasteiger partial charge in [0.1, 0.15) is 0 Å². The third-order valence-electron chi connectivity index (χ3n) is 2.34. The highest BCUT2D eigenvalue weighted by Gasteiger charge is 2.10. The Morgan fingerprint density at radius 1 is 1.53 bits per heavy atom. The molecule has 3 N–H and O–H groups in total. The van der Waals surface area contributed by atoms with E-state index in [-0.39, 0.29) is 5.91 Å². The van der Waals surface area contributed by atoms with E-state index >= 15 is 0 Å². The molecule has 2 aromatic heterocycles. The molecule has 6 nitrogen and oxygen atoms in total. The van der Waals surface area contributed by atoms with Crippen LogP contribution in [0, 0.1) is 6.92 Å². The lowest BCUT2D eigenvalue weighted by atomic mass is 10.3. The van der Waals surface area contributed by atoms with E-state index in [2.05, 4.69) is 15.4 Å². The number of aromatic nitrogens is 3. The van der Waals surface area contributed by atoms with Gasteiger partial charge in [-0.15, -0.1) is 0 Å². The van der Waals surface area contributed by atoms with Crippen molar-refractivity contribution in [1.29, 1.82) is 0 Å². The summed E-state index contributed by atoms with van der Waals surface area (Å²) in [4.78, 5) is 15.6. The maximum Gasteiger partial charge on any atom is 0.271 e. The lowest BCUT2D eigenvalue weighted by molar-refractivity contribution is 0.0957. The third kappa shape index (κ3) is 2.10. The van der Waals surface area contributed by atoms with Gasteiger partial charge in [0, 0.05) is 13.2 Å².